The molecule has 0 saturated carbocycles. The number of likely N-dealkylation sites (N-methyl/N-ethyl adjacent to an activating group) is 1. The number of nitrogens with zero attached hydrogens (tertiary/aromatic N) is 1. The van der Waals surface area contributed by atoms with Gasteiger partial charge >= 0.3 is 11.9 Å². The molecule has 2 unspecified atom stereocenters. The highest BCUT2D eigenvalue weighted by molar-refractivity contribution is 5.70. The van der Waals surface area contributed by atoms with E-state index in [1.165, 1.54) is 51.4 Å². The summed E-state index contributed by atoms with van der Waals surface area (Å²) >= 11 is 0. The van der Waals surface area contributed by atoms with E-state index in [4.69, 9.17) is 18.9 Å². The zero-order chi connectivity index (χ0) is 73.2. The quantitative estimate of drug-likeness (QED) is 0.0195. The first-order valence-electron chi connectivity index (χ1n) is 39.2. The molecule has 0 aromatic rings. The van der Waals surface area contributed by atoms with E-state index in [9.17, 15) is 19.5 Å². The van der Waals surface area contributed by atoms with E-state index in [0.717, 1.165) is 173 Å². The lowest BCUT2D eigenvalue weighted by Gasteiger charge is -2.26. The number of hydrogen-bond donors (Lipinski definition) is 0. The van der Waals surface area contributed by atoms with E-state index in [1.54, 1.807) is 0 Å². The minimum atomic E-state index is -1.65. The van der Waals surface area contributed by atoms with Crippen molar-refractivity contribution in [3.05, 3.63) is 243 Å². The lowest BCUT2D eigenvalue weighted by atomic mass is 10.0. The van der Waals surface area contributed by atoms with Gasteiger partial charge in [0.15, 0.2) is 12.4 Å². The Labute approximate surface area is 618 Å². The van der Waals surface area contributed by atoms with Crippen LogP contribution in [0.2, 0.25) is 0 Å². The second-order valence-corrected chi connectivity index (χ2v) is 26.2. The number of carbonyl (C=O) groups is 3. The maximum atomic E-state index is 12.9. The number of carboxylic acids is 1. The number of rotatable bonds is 69. The van der Waals surface area contributed by atoms with E-state index in [2.05, 4.69) is 257 Å². The Hall–Kier alpha value is -6.91. The fourth-order valence-corrected chi connectivity index (χ4v) is 9.71. The molecule has 0 N–H and O–H groups in total. The van der Waals surface area contributed by atoms with Crippen molar-refractivity contribution in [3.8, 4) is 0 Å². The van der Waals surface area contributed by atoms with Crippen LogP contribution in [0.1, 0.15) is 258 Å². The first-order chi connectivity index (χ1) is 49.6. The lowest BCUT2D eigenvalue weighted by molar-refractivity contribution is -0.870. The van der Waals surface area contributed by atoms with Crippen molar-refractivity contribution < 1.29 is 42.9 Å². The van der Waals surface area contributed by atoms with E-state index in [0.29, 0.717) is 17.4 Å². The maximum Gasteiger partial charge on any atom is 0.306 e. The highest BCUT2D eigenvalue weighted by Gasteiger charge is 2.22. The van der Waals surface area contributed by atoms with Gasteiger partial charge in [-0.2, -0.15) is 0 Å². The average Bonchev–Trinajstić information content (AvgIpc) is 1.21. The molecule has 101 heavy (non-hydrogen) atoms. The summed E-state index contributed by atoms with van der Waals surface area (Å²) in [6.45, 7) is 4.44. The molecule has 0 radical (unpaired) electrons. The smallest absolute Gasteiger partial charge is 0.306 e. The van der Waals surface area contributed by atoms with Gasteiger partial charge in [0.25, 0.3) is 0 Å². The average molecular weight is 1390 g/mol. The van der Waals surface area contributed by atoms with Gasteiger partial charge in [0.1, 0.15) is 13.2 Å². The Morgan fingerprint density at radius 1 is 0.297 bits per heavy atom. The molecule has 9 nitrogen and oxygen atoms in total. The molecule has 0 bridgehead atoms. The highest BCUT2D eigenvalue weighted by atomic mass is 16.7. The molecule has 0 fully saturated rings. The van der Waals surface area contributed by atoms with Gasteiger partial charge in [0.2, 0.25) is 0 Å². The summed E-state index contributed by atoms with van der Waals surface area (Å²) in [5, 5.41) is 11.9. The molecule has 0 aliphatic carbocycles. The van der Waals surface area contributed by atoms with Gasteiger partial charge in [-0.1, -0.05) is 321 Å². The van der Waals surface area contributed by atoms with Crippen molar-refractivity contribution in [1.82, 2.24) is 0 Å². The molecular weight excluding hydrogens is 1250 g/mol. The van der Waals surface area contributed by atoms with Crippen LogP contribution in [-0.4, -0.2) is 82.3 Å². The molecule has 0 aromatic carbocycles. The topological polar surface area (TPSA) is 111 Å². The van der Waals surface area contributed by atoms with Crippen LogP contribution >= 0.6 is 0 Å². The first kappa shape index (κ1) is 94.1. The molecule has 0 aliphatic rings. The Kier molecular flexibility index (Phi) is 73.4. The van der Waals surface area contributed by atoms with Gasteiger partial charge in [-0.15, -0.1) is 0 Å². The molecule has 0 saturated heterocycles. The molecule has 0 amide bonds. The van der Waals surface area contributed by atoms with Gasteiger partial charge in [0.05, 0.1) is 40.3 Å². The third kappa shape index (κ3) is 80.3. The molecule has 9 heteroatoms. The zero-order valence-corrected chi connectivity index (χ0v) is 64.2. The van der Waals surface area contributed by atoms with Crippen molar-refractivity contribution in [2.45, 2.75) is 270 Å². The number of aliphatic carboxylic acids is 1. The summed E-state index contributed by atoms with van der Waals surface area (Å²) in [6.07, 6.45) is 124. The third-order valence-electron chi connectivity index (χ3n) is 15.6. The van der Waals surface area contributed by atoms with Crippen LogP contribution < -0.4 is 5.11 Å². The van der Waals surface area contributed by atoms with Crippen LogP contribution in [-0.2, 0) is 33.3 Å². The van der Waals surface area contributed by atoms with E-state index in [1.807, 2.05) is 21.1 Å². The van der Waals surface area contributed by atoms with Crippen LogP contribution in [0, 0.1) is 0 Å². The van der Waals surface area contributed by atoms with Crippen LogP contribution in [0.15, 0.2) is 243 Å². The number of carbonyl (C=O) groups excluding carboxylic acids is 3. The largest absolute Gasteiger partial charge is 0.545 e. The third-order valence-corrected chi connectivity index (χ3v) is 15.6. The number of carboxylic acid groups (broad SMARTS) is 1. The molecule has 2 atom stereocenters. The Bertz CT molecular complexity index is 2570. The van der Waals surface area contributed by atoms with Crippen molar-refractivity contribution >= 4 is 17.9 Å². The first-order valence-corrected chi connectivity index (χ1v) is 39.2. The minimum Gasteiger partial charge on any atom is -0.545 e. The molecule has 562 valence electrons. The van der Waals surface area contributed by atoms with Crippen molar-refractivity contribution in [1.29, 1.82) is 0 Å². The summed E-state index contributed by atoms with van der Waals surface area (Å²) in [5.74, 6) is -2.37. The number of esters is 2. The zero-order valence-electron chi connectivity index (χ0n) is 64.2. The SMILES string of the molecule is CC/C=C\C/C=C\C/C=C\C/C=C\C/C=C\C/C=C\C/C=C\C/C=C\C/C=C\C/C=C\C/C=C\C/C=C\CCCCC(=O)OC(COC(=O)CCCCCCCCCCCCCC/C=C\C/C=C\C/C=C\C/C=C\C/C=C\C/C=C\C/C=C\C/C=C\CC)COC(OCC[N+](C)(C)C)C(=O)[O-]. The van der Waals surface area contributed by atoms with Crippen LogP contribution in [0.5, 0.6) is 0 Å². The van der Waals surface area contributed by atoms with Crippen molar-refractivity contribution in [3.63, 3.8) is 0 Å². The molecule has 0 aromatic heterocycles. The maximum absolute atomic E-state index is 12.9. The summed E-state index contributed by atoms with van der Waals surface area (Å²) in [4.78, 5) is 37.6. The van der Waals surface area contributed by atoms with Gasteiger partial charge in [-0.05, 0) is 167 Å². The Morgan fingerprint density at radius 2 is 0.535 bits per heavy atom. The fraction of sp³-hybridized carbons (Fsp3) is 0.533. The number of ether oxygens (including phenoxy) is 4. The predicted octanol–water partition coefficient (Wildman–Crippen LogP) is 24.2. The van der Waals surface area contributed by atoms with Crippen LogP contribution in [0.4, 0.5) is 0 Å². The fourth-order valence-electron chi connectivity index (χ4n) is 9.71. The number of quaternary nitrogens is 1. The highest BCUT2D eigenvalue weighted by Crippen LogP contribution is 2.15. The summed E-state index contributed by atoms with van der Waals surface area (Å²) < 4.78 is 22.8. The number of allylic oxidation sites excluding steroid dienone is 40. The molecule has 0 rings (SSSR count). The lowest BCUT2D eigenvalue weighted by Crippen LogP contribution is -2.44. The second kappa shape index (κ2) is 78.8. The molecular formula is C92H141NO8. The Morgan fingerprint density at radius 3 is 0.812 bits per heavy atom. The summed E-state index contributed by atoms with van der Waals surface area (Å²) in [6, 6.07) is 0. The molecule has 0 aliphatic heterocycles. The normalized spacial score (nSPS) is 14.0. The van der Waals surface area contributed by atoms with Gasteiger partial charge in [-0.25, -0.2) is 0 Å². The summed E-state index contributed by atoms with van der Waals surface area (Å²) in [5.41, 5.74) is 0. The van der Waals surface area contributed by atoms with E-state index < -0.39 is 24.3 Å². The monoisotopic (exact) mass is 1390 g/mol. The van der Waals surface area contributed by atoms with Gasteiger partial charge in [-0.3, -0.25) is 9.59 Å². The summed E-state index contributed by atoms with van der Waals surface area (Å²) in [7, 11) is 5.90. The van der Waals surface area contributed by atoms with Crippen molar-refractivity contribution in [2.24, 2.45) is 0 Å². The van der Waals surface area contributed by atoms with Gasteiger partial charge < -0.3 is 33.3 Å². The van der Waals surface area contributed by atoms with Crippen molar-refractivity contribution in [2.75, 3.05) is 47.5 Å². The number of hydrogen-bond acceptors (Lipinski definition) is 8. The van der Waals surface area contributed by atoms with E-state index in [-0.39, 0.29) is 38.6 Å². The van der Waals surface area contributed by atoms with Crippen LogP contribution in [0.3, 0.4) is 0 Å². The molecule has 0 heterocycles. The second-order valence-electron chi connectivity index (χ2n) is 26.2. The number of unbranched alkanes of at least 4 members (excludes halogenated alkanes) is 14. The minimum absolute atomic E-state index is 0.126. The standard InChI is InChI=1S/C92H141NO8/c1-6-8-10-12-14-16-18-20-22-24-26-28-30-32-34-36-38-40-42-44-45-47-49-51-53-55-57-59-61-63-65-67-69-71-73-75-77-79-81-83-90(95)101-88(87-100-92(91(96)97)98-85-84-93(3,4)5)86-99-89(94)82-80-78-76-74-72-70-68-66-64-62-60-58-56-54-52-50-48-46-43-41-39-37-35-33-31-29-27-25-23-21-19-17-15-13-11-9-7-2/h8-11,14-17,20-23,26-29,32-35,38-41,44-46,48-49,51-52,54-55,57,61,63,67,69,73,75,88,92H,6-7,12-13,18-19,24-25,30-31,36-37,42-43,47,50,53,56,58-60,62,64-66,68,70-72,74,76-87H2,1-5H3/b10-8-,11-9-,16-14-,17-15-,22-20-,23-21-,28-26-,29-27-,34-32-,35-33-,40-38-,41-39-,45-44-,48-46-,51-49-,54-52-,57-55-,63-61-,69-67-,75-73-. The van der Waals surface area contributed by atoms with Gasteiger partial charge in [0, 0.05) is 12.8 Å². The van der Waals surface area contributed by atoms with Crippen LogP contribution in [0.25, 0.3) is 0 Å². The predicted molar refractivity (Wildman–Crippen MR) is 434 cm³/mol. The van der Waals surface area contributed by atoms with E-state index >= 15 is 0 Å². The molecule has 0 spiro atoms. The Balaban J connectivity index is 4.24.